The summed E-state index contributed by atoms with van der Waals surface area (Å²) < 4.78 is 51.5. The fourth-order valence-corrected chi connectivity index (χ4v) is 16.3. The van der Waals surface area contributed by atoms with E-state index in [1.54, 1.807) is 18.3 Å². The van der Waals surface area contributed by atoms with Gasteiger partial charge in [-0.05, 0) is 232 Å². The first-order valence-electron chi connectivity index (χ1n) is 38.0. The Hall–Kier alpha value is -10.1. The van der Waals surface area contributed by atoms with Crippen molar-refractivity contribution in [2.24, 2.45) is 0 Å². The van der Waals surface area contributed by atoms with Crippen molar-refractivity contribution in [3.05, 3.63) is 287 Å². The van der Waals surface area contributed by atoms with Crippen LogP contribution in [0.3, 0.4) is 0 Å². The summed E-state index contributed by atoms with van der Waals surface area (Å²) in [5, 5.41) is 8.44. The van der Waals surface area contributed by atoms with Crippen LogP contribution in [0.2, 0.25) is 15.1 Å². The third-order valence-corrected chi connectivity index (χ3v) is 22.5. The lowest BCUT2D eigenvalue weighted by Crippen LogP contribution is -2.36. The van der Waals surface area contributed by atoms with E-state index in [4.69, 9.17) is 58.5 Å². The summed E-state index contributed by atoms with van der Waals surface area (Å²) in [6.45, 7) is 12.3. The summed E-state index contributed by atoms with van der Waals surface area (Å²) in [6, 6.07) is 45.4. The Morgan fingerprint density at radius 1 is 0.318 bits per heavy atom. The second-order valence-corrected chi connectivity index (χ2v) is 29.7. The first-order chi connectivity index (χ1) is 54.1. The van der Waals surface area contributed by atoms with Gasteiger partial charge >= 0.3 is 0 Å². The molecule has 0 spiro atoms. The van der Waals surface area contributed by atoms with Gasteiger partial charge in [0.2, 0.25) is 0 Å². The number of anilines is 1. The fourth-order valence-electron chi connectivity index (χ4n) is 15.9. The molecule has 17 nitrogen and oxygen atoms in total. The summed E-state index contributed by atoms with van der Waals surface area (Å²) in [7, 11) is 0. The summed E-state index contributed by atoms with van der Waals surface area (Å²) in [4.78, 5) is 28.3. The van der Waals surface area contributed by atoms with E-state index in [9.17, 15) is 4.39 Å². The molecular formula is C89H86Cl3FN12O5. The van der Waals surface area contributed by atoms with E-state index < -0.39 is 0 Å². The molecule has 0 aliphatic carbocycles. The number of nitrogens with zero attached hydrogens (tertiary/aromatic N) is 12. The molecule has 4 aromatic carbocycles. The Labute approximate surface area is 653 Å². The lowest BCUT2D eigenvalue weighted by molar-refractivity contribution is 0.0855. The Balaban J connectivity index is 0.000000104. The predicted molar refractivity (Wildman–Crippen MR) is 437 cm³/mol. The molecule has 0 unspecified atom stereocenters. The molecule has 20 rings (SSSR count). The van der Waals surface area contributed by atoms with Gasteiger partial charge in [0.05, 0.1) is 82.5 Å². The van der Waals surface area contributed by atoms with Gasteiger partial charge in [-0.15, -0.1) is 0 Å². The SMILES string of the molecule is Cc1ccc(-n2cc(C3CCOCC3)c3ccncc32)cc1.Clc1ccc(-n2cc(C3CCOCC3)c3ccncc32)cc1.Clc1ccc(-n2cc(C3CCOCC3)c3ccncc32)nc1.Clc1ccc(-n2cc(N3CCOCC3)c3ccncc32)cc1.Fc1ccc(-n2cc(C3CCOCC3)c3ccncc32)cc1. The van der Waals surface area contributed by atoms with Crippen molar-refractivity contribution in [1.29, 1.82) is 0 Å². The Morgan fingerprint density at radius 3 is 0.982 bits per heavy atom. The first-order valence-corrected chi connectivity index (χ1v) is 39.1. The minimum Gasteiger partial charge on any atom is -0.381 e. The van der Waals surface area contributed by atoms with E-state index in [0.29, 0.717) is 28.7 Å². The van der Waals surface area contributed by atoms with Crippen LogP contribution in [0.15, 0.2) is 239 Å². The number of ether oxygens (including phenoxy) is 5. The highest BCUT2D eigenvalue weighted by molar-refractivity contribution is 6.31. The quantitative estimate of drug-likeness (QED) is 0.128. The number of rotatable bonds is 10. The van der Waals surface area contributed by atoms with Crippen molar-refractivity contribution in [3.8, 4) is 28.6 Å². The van der Waals surface area contributed by atoms with Gasteiger partial charge in [0.1, 0.15) is 11.6 Å². The molecule has 0 N–H and O–H groups in total. The maximum atomic E-state index is 13.2. The highest BCUT2D eigenvalue weighted by Crippen LogP contribution is 2.40. The molecule has 5 aliphatic rings. The number of aromatic nitrogens is 11. The van der Waals surface area contributed by atoms with Gasteiger partial charge in [0, 0.05) is 194 Å². The molecule has 560 valence electrons. The molecule has 15 aromatic rings. The largest absolute Gasteiger partial charge is 0.381 e. The molecule has 16 heterocycles. The van der Waals surface area contributed by atoms with Gasteiger partial charge in [-0.2, -0.15) is 0 Å². The van der Waals surface area contributed by atoms with Crippen molar-refractivity contribution in [2.45, 2.75) is 82.0 Å². The fraction of sp³-hybridized carbons (Fsp3) is 0.281. The molecule has 0 bridgehead atoms. The summed E-state index contributed by atoms with van der Waals surface area (Å²) >= 11 is 18.0. The van der Waals surface area contributed by atoms with Crippen LogP contribution in [0, 0.1) is 12.7 Å². The van der Waals surface area contributed by atoms with Crippen molar-refractivity contribution >= 4 is 95.0 Å². The van der Waals surface area contributed by atoms with Crippen LogP contribution in [-0.2, 0) is 23.7 Å². The Morgan fingerprint density at radius 2 is 0.618 bits per heavy atom. The van der Waals surface area contributed by atoms with Crippen LogP contribution < -0.4 is 4.90 Å². The van der Waals surface area contributed by atoms with Gasteiger partial charge in [-0.1, -0.05) is 52.5 Å². The van der Waals surface area contributed by atoms with E-state index in [0.717, 1.165) is 186 Å². The summed E-state index contributed by atoms with van der Waals surface area (Å²) in [5.41, 5.74) is 18.0. The van der Waals surface area contributed by atoms with E-state index in [2.05, 4.69) is 150 Å². The van der Waals surface area contributed by atoms with Crippen LogP contribution in [0.25, 0.3) is 83.1 Å². The number of fused-ring (bicyclic) bond motifs is 5. The van der Waals surface area contributed by atoms with Crippen LogP contribution in [0.1, 0.15) is 103 Å². The standard InChI is InChI=1S/C19H20N2O.C18H17ClN2O.C18H17FN2O.2C17H16ClN3O/c1-14-2-4-16(5-3-14)21-13-18(15-7-10-22-11-8-15)17-6-9-20-12-19(17)21;2*19-14-1-3-15(4-2-14)21-12-17(13-6-9-22-10-7-13)16-5-8-20-11-18(16)21;18-13-1-3-14(4-2-13)21-12-17(20-7-9-22-10-8-20)15-5-6-19-11-16(15)21;18-13-1-2-17(20-9-13)21-11-15(12-4-7-22-8-5-12)14-3-6-19-10-16(14)21/h2-6,9,12-13,15H,7-8,10-11H2,1H3;2*1-5,8,11-13H,6-7,9-10H2;1-6,11-12H,7-10H2;1-3,6,9-12H,4-5,7-8H2. The van der Waals surface area contributed by atoms with Gasteiger partial charge < -0.3 is 46.9 Å². The molecule has 21 heteroatoms. The average Bonchev–Trinajstić information content (AvgIpc) is 1.66. The number of aryl methyl sites for hydroxylation is 1. The van der Waals surface area contributed by atoms with E-state index in [-0.39, 0.29) is 5.82 Å². The normalized spacial score (nSPS) is 16.1. The average molecular weight is 1530 g/mol. The number of hydrogen-bond acceptors (Lipinski definition) is 12. The third kappa shape index (κ3) is 16.7. The smallest absolute Gasteiger partial charge is 0.137 e. The van der Waals surface area contributed by atoms with Crippen LogP contribution in [-0.4, -0.2) is 132 Å². The molecule has 0 amide bonds. The molecule has 5 aliphatic heterocycles. The topological polar surface area (TPSA) is 151 Å². The minimum absolute atomic E-state index is 0.219. The van der Waals surface area contributed by atoms with Crippen molar-refractivity contribution in [1.82, 2.24) is 52.7 Å². The zero-order valence-corrected chi connectivity index (χ0v) is 63.7. The lowest BCUT2D eigenvalue weighted by atomic mass is 9.92. The van der Waals surface area contributed by atoms with Crippen molar-refractivity contribution in [3.63, 3.8) is 0 Å². The molecule has 11 aromatic heterocycles. The molecule has 5 fully saturated rings. The van der Waals surface area contributed by atoms with E-state index in [1.165, 1.54) is 83.8 Å². The molecule has 0 atom stereocenters. The van der Waals surface area contributed by atoms with E-state index >= 15 is 0 Å². The number of halogens is 4. The zero-order chi connectivity index (χ0) is 74.7. The second-order valence-electron chi connectivity index (χ2n) is 28.4. The van der Waals surface area contributed by atoms with Gasteiger partial charge in [0.15, 0.2) is 0 Å². The predicted octanol–water partition coefficient (Wildman–Crippen LogP) is 20.3. The Kier molecular flexibility index (Phi) is 23.4. The van der Waals surface area contributed by atoms with Gasteiger partial charge in [0.25, 0.3) is 0 Å². The number of pyridine rings is 6. The second kappa shape index (κ2) is 34.8. The molecular weight excluding hydrogens is 1440 g/mol. The van der Waals surface area contributed by atoms with Gasteiger partial charge in [-0.25, -0.2) is 9.37 Å². The number of morpholine rings is 1. The highest BCUT2D eigenvalue weighted by Gasteiger charge is 2.27. The van der Waals surface area contributed by atoms with Crippen LogP contribution in [0.5, 0.6) is 0 Å². The van der Waals surface area contributed by atoms with Crippen molar-refractivity contribution in [2.75, 3.05) is 84.1 Å². The van der Waals surface area contributed by atoms with Crippen LogP contribution >= 0.6 is 34.8 Å². The molecule has 5 saturated heterocycles. The summed E-state index contributed by atoms with van der Waals surface area (Å²) in [6.07, 6.45) is 40.3. The minimum atomic E-state index is -0.219. The number of hydrogen-bond donors (Lipinski definition) is 0. The summed E-state index contributed by atoms with van der Waals surface area (Å²) in [5.74, 6) is 2.84. The maximum Gasteiger partial charge on any atom is 0.137 e. The maximum absolute atomic E-state index is 13.2. The zero-order valence-electron chi connectivity index (χ0n) is 61.4. The third-order valence-electron chi connectivity index (χ3n) is 21.7. The monoisotopic (exact) mass is 1530 g/mol. The number of benzene rings is 4. The van der Waals surface area contributed by atoms with Crippen LogP contribution in [0.4, 0.5) is 10.1 Å². The lowest BCUT2D eigenvalue weighted by Gasteiger charge is -2.28. The Bertz CT molecular complexity index is 4750. The first kappa shape index (κ1) is 74.0. The van der Waals surface area contributed by atoms with Gasteiger partial charge in [-0.3, -0.25) is 29.5 Å². The molecule has 110 heavy (non-hydrogen) atoms. The van der Waals surface area contributed by atoms with E-state index in [1.807, 2.05) is 123 Å². The highest BCUT2D eigenvalue weighted by atomic mass is 35.5. The van der Waals surface area contributed by atoms with Crippen molar-refractivity contribution < 1.29 is 28.1 Å². The molecule has 0 saturated carbocycles. The molecule has 0 radical (unpaired) electrons.